The van der Waals surface area contributed by atoms with Crippen molar-refractivity contribution in [3.05, 3.63) is 0 Å². The Morgan fingerprint density at radius 2 is 2.12 bits per heavy atom. The molecule has 1 rings (SSSR count). The van der Waals surface area contributed by atoms with Gasteiger partial charge in [-0.2, -0.15) is 0 Å². The number of amides is 1. The summed E-state index contributed by atoms with van der Waals surface area (Å²) in [4.78, 5) is 11.6. The topological polar surface area (TPSA) is 67.8 Å². The van der Waals surface area contributed by atoms with E-state index in [1.807, 2.05) is 27.7 Å². The van der Waals surface area contributed by atoms with Gasteiger partial charge < -0.3 is 19.9 Å². The van der Waals surface area contributed by atoms with Crippen LogP contribution < -0.4 is 5.32 Å². The summed E-state index contributed by atoms with van der Waals surface area (Å²) in [6.45, 7) is 8.26. The lowest BCUT2D eigenvalue weighted by Gasteiger charge is -2.35. The van der Waals surface area contributed by atoms with E-state index >= 15 is 0 Å². The van der Waals surface area contributed by atoms with Crippen molar-refractivity contribution >= 4 is 6.09 Å². The van der Waals surface area contributed by atoms with Crippen molar-refractivity contribution in [2.24, 2.45) is 5.92 Å². The summed E-state index contributed by atoms with van der Waals surface area (Å²) in [5.41, 5.74) is -0.526. The fraction of sp³-hybridized carbons (Fsp3) is 0.917. The van der Waals surface area contributed by atoms with E-state index in [9.17, 15) is 9.90 Å². The van der Waals surface area contributed by atoms with E-state index in [0.29, 0.717) is 6.61 Å². The van der Waals surface area contributed by atoms with Gasteiger partial charge >= 0.3 is 6.09 Å². The molecular formula is C12H23NO4. The van der Waals surface area contributed by atoms with Crippen LogP contribution in [0.3, 0.4) is 0 Å². The molecule has 5 nitrogen and oxygen atoms in total. The fourth-order valence-corrected chi connectivity index (χ4v) is 1.89. The molecule has 100 valence electrons. The number of alkyl carbamates (subject to hydrolysis) is 1. The molecule has 1 unspecified atom stereocenters. The Morgan fingerprint density at radius 1 is 1.47 bits per heavy atom. The Kier molecular flexibility index (Phi) is 4.77. The molecule has 5 heteroatoms. The van der Waals surface area contributed by atoms with Crippen LogP contribution in [0.15, 0.2) is 0 Å². The maximum Gasteiger partial charge on any atom is 0.407 e. The molecule has 2 N–H and O–H groups in total. The number of aliphatic hydroxyl groups is 1. The molecule has 1 saturated heterocycles. The minimum Gasteiger partial charge on any atom is -0.444 e. The lowest BCUT2D eigenvalue weighted by atomic mass is 9.91. The number of aliphatic hydroxyl groups excluding tert-OH is 1. The average molecular weight is 245 g/mol. The van der Waals surface area contributed by atoms with Crippen LogP contribution in [-0.2, 0) is 9.47 Å². The van der Waals surface area contributed by atoms with Gasteiger partial charge in [0, 0.05) is 5.92 Å². The molecule has 0 spiro atoms. The maximum absolute atomic E-state index is 11.6. The third kappa shape index (κ3) is 4.52. The zero-order valence-corrected chi connectivity index (χ0v) is 11.0. The van der Waals surface area contributed by atoms with Crippen molar-refractivity contribution in [1.29, 1.82) is 0 Å². The highest BCUT2D eigenvalue weighted by Gasteiger charge is 2.34. The first kappa shape index (κ1) is 14.3. The van der Waals surface area contributed by atoms with Gasteiger partial charge in [-0.05, 0) is 27.2 Å². The van der Waals surface area contributed by atoms with Gasteiger partial charge in [-0.25, -0.2) is 4.79 Å². The SMILES string of the molecule is CC[C@@H]1COCC(O)[C@H]1NC(=O)OC(C)(C)C. The Morgan fingerprint density at radius 3 is 2.65 bits per heavy atom. The molecule has 0 bridgehead atoms. The quantitative estimate of drug-likeness (QED) is 0.769. The lowest BCUT2D eigenvalue weighted by Crippen LogP contribution is -2.54. The monoisotopic (exact) mass is 245 g/mol. The molecule has 1 amide bonds. The second kappa shape index (κ2) is 5.69. The molecule has 0 radical (unpaired) electrons. The zero-order valence-electron chi connectivity index (χ0n) is 11.0. The van der Waals surface area contributed by atoms with Crippen molar-refractivity contribution in [2.45, 2.75) is 51.9 Å². The number of ether oxygens (including phenoxy) is 2. The molecule has 0 aromatic rings. The summed E-state index contributed by atoms with van der Waals surface area (Å²) in [6, 6.07) is -0.288. The van der Waals surface area contributed by atoms with Crippen molar-refractivity contribution in [3.63, 3.8) is 0 Å². The van der Waals surface area contributed by atoms with E-state index in [-0.39, 0.29) is 18.6 Å². The summed E-state index contributed by atoms with van der Waals surface area (Å²) >= 11 is 0. The normalized spacial score (nSPS) is 29.8. The van der Waals surface area contributed by atoms with E-state index in [4.69, 9.17) is 9.47 Å². The van der Waals surface area contributed by atoms with Crippen LogP contribution in [0.4, 0.5) is 4.79 Å². The van der Waals surface area contributed by atoms with Gasteiger partial charge in [-0.3, -0.25) is 0 Å². The molecule has 0 aliphatic carbocycles. The Bertz CT molecular complexity index is 262. The predicted octanol–water partition coefficient (Wildman–Crippen LogP) is 1.30. The first-order chi connectivity index (χ1) is 7.83. The van der Waals surface area contributed by atoms with Crippen molar-refractivity contribution in [2.75, 3.05) is 13.2 Å². The van der Waals surface area contributed by atoms with Gasteiger partial charge in [0.1, 0.15) is 5.60 Å². The van der Waals surface area contributed by atoms with Crippen LogP contribution in [0.25, 0.3) is 0 Å². The molecule has 0 aromatic heterocycles. The van der Waals surface area contributed by atoms with E-state index in [2.05, 4.69) is 5.32 Å². The molecule has 0 aromatic carbocycles. The Balaban J connectivity index is 2.55. The number of nitrogens with one attached hydrogen (secondary N) is 1. The molecule has 17 heavy (non-hydrogen) atoms. The van der Waals surface area contributed by atoms with Crippen LogP contribution in [-0.4, -0.2) is 42.2 Å². The highest BCUT2D eigenvalue weighted by Crippen LogP contribution is 2.19. The van der Waals surface area contributed by atoms with Crippen LogP contribution in [0.1, 0.15) is 34.1 Å². The summed E-state index contributed by atoms with van der Waals surface area (Å²) < 4.78 is 10.4. The van der Waals surface area contributed by atoms with Crippen molar-refractivity contribution in [3.8, 4) is 0 Å². The molecule has 1 aliphatic heterocycles. The molecule has 1 fully saturated rings. The second-order valence-electron chi connectivity index (χ2n) is 5.45. The van der Waals surface area contributed by atoms with E-state index in [1.165, 1.54) is 0 Å². The minimum atomic E-state index is -0.666. The van der Waals surface area contributed by atoms with Gasteiger partial charge in [0.25, 0.3) is 0 Å². The van der Waals surface area contributed by atoms with Gasteiger partial charge in [-0.15, -0.1) is 0 Å². The maximum atomic E-state index is 11.6. The largest absolute Gasteiger partial charge is 0.444 e. The standard InChI is InChI=1S/C12H23NO4/c1-5-8-6-16-7-9(14)10(8)13-11(15)17-12(2,3)4/h8-10,14H,5-7H2,1-4H3,(H,13,15)/t8-,9?,10+/m1/s1. The summed E-state index contributed by atoms with van der Waals surface area (Å²) in [5, 5.41) is 12.6. The first-order valence-electron chi connectivity index (χ1n) is 6.09. The van der Waals surface area contributed by atoms with Gasteiger partial charge in [-0.1, -0.05) is 6.92 Å². The van der Waals surface area contributed by atoms with Gasteiger partial charge in [0.15, 0.2) is 0 Å². The number of hydrogen-bond donors (Lipinski definition) is 2. The number of carbonyl (C=O) groups excluding carboxylic acids is 1. The summed E-state index contributed by atoms with van der Waals surface area (Å²) in [7, 11) is 0. The van der Waals surface area contributed by atoms with Crippen LogP contribution >= 0.6 is 0 Å². The smallest absolute Gasteiger partial charge is 0.407 e. The third-order valence-corrected chi connectivity index (χ3v) is 2.75. The number of rotatable bonds is 2. The highest BCUT2D eigenvalue weighted by molar-refractivity contribution is 5.68. The Labute approximate surface area is 102 Å². The second-order valence-corrected chi connectivity index (χ2v) is 5.45. The van der Waals surface area contributed by atoms with Gasteiger partial charge in [0.05, 0.1) is 25.4 Å². The molecule has 3 atom stereocenters. The zero-order chi connectivity index (χ0) is 13.1. The van der Waals surface area contributed by atoms with Crippen molar-refractivity contribution in [1.82, 2.24) is 5.32 Å². The molecule has 1 aliphatic rings. The first-order valence-corrected chi connectivity index (χ1v) is 6.09. The minimum absolute atomic E-state index is 0.131. The molecule has 1 heterocycles. The van der Waals surface area contributed by atoms with Crippen molar-refractivity contribution < 1.29 is 19.4 Å². The summed E-state index contributed by atoms with van der Waals surface area (Å²) in [5.74, 6) is 0.131. The van der Waals surface area contributed by atoms with E-state index < -0.39 is 17.8 Å². The highest BCUT2D eigenvalue weighted by atomic mass is 16.6. The van der Waals surface area contributed by atoms with Crippen LogP contribution in [0.2, 0.25) is 0 Å². The fourth-order valence-electron chi connectivity index (χ4n) is 1.89. The van der Waals surface area contributed by atoms with Gasteiger partial charge in [0.2, 0.25) is 0 Å². The molecular weight excluding hydrogens is 222 g/mol. The summed E-state index contributed by atoms with van der Waals surface area (Å²) in [6.07, 6.45) is -0.305. The van der Waals surface area contributed by atoms with E-state index in [0.717, 1.165) is 6.42 Å². The predicted molar refractivity (Wildman–Crippen MR) is 63.8 cm³/mol. The molecule has 0 saturated carbocycles. The van der Waals surface area contributed by atoms with E-state index in [1.54, 1.807) is 0 Å². The number of hydrogen-bond acceptors (Lipinski definition) is 4. The van der Waals surface area contributed by atoms with Crippen LogP contribution in [0.5, 0.6) is 0 Å². The lowest BCUT2D eigenvalue weighted by molar-refractivity contribution is -0.0624. The Hall–Kier alpha value is -0.810. The average Bonchev–Trinajstić information content (AvgIpc) is 2.18. The number of carbonyl (C=O) groups is 1. The third-order valence-electron chi connectivity index (χ3n) is 2.75. The van der Waals surface area contributed by atoms with Crippen LogP contribution in [0, 0.1) is 5.92 Å².